The van der Waals surface area contributed by atoms with Gasteiger partial charge in [0.15, 0.2) is 5.82 Å². The molecule has 0 aliphatic heterocycles. The Morgan fingerprint density at radius 3 is 2.50 bits per heavy atom. The summed E-state index contributed by atoms with van der Waals surface area (Å²) in [6.45, 7) is 4.37. The number of benzene rings is 1. The fourth-order valence-electron chi connectivity index (χ4n) is 1.50. The minimum absolute atomic E-state index is 0.585. The summed E-state index contributed by atoms with van der Waals surface area (Å²) < 4.78 is 0. The van der Waals surface area contributed by atoms with E-state index < -0.39 is 0 Å². The van der Waals surface area contributed by atoms with Crippen molar-refractivity contribution in [2.24, 2.45) is 0 Å². The van der Waals surface area contributed by atoms with Crippen LogP contribution in [0, 0.1) is 0 Å². The molecule has 0 saturated carbocycles. The standard InChI is InChI=1S/C13H16N4S/c1-9(2)18-11-6-4-10(5-7-11)13-16-12(14-3)8-15-17-13/h4-9H,1-3H3,(H,14,16,17). The Kier molecular flexibility index (Phi) is 4.15. The predicted octanol–water partition coefficient (Wildman–Crippen LogP) is 3.08. The van der Waals surface area contributed by atoms with E-state index in [-0.39, 0.29) is 0 Å². The van der Waals surface area contributed by atoms with Gasteiger partial charge in [-0.1, -0.05) is 26.0 Å². The number of aromatic nitrogens is 3. The summed E-state index contributed by atoms with van der Waals surface area (Å²) in [5.41, 5.74) is 0.979. The fraction of sp³-hybridized carbons (Fsp3) is 0.308. The fourth-order valence-corrected chi connectivity index (χ4v) is 2.34. The van der Waals surface area contributed by atoms with Crippen LogP contribution in [0.5, 0.6) is 0 Å². The Labute approximate surface area is 111 Å². The van der Waals surface area contributed by atoms with E-state index in [1.54, 1.807) is 6.20 Å². The van der Waals surface area contributed by atoms with Gasteiger partial charge in [0, 0.05) is 22.8 Å². The number of nitrogens with zero attached hydrogens (tertiary/aromatic N) is 3. The van der Waals surface area contributed by atoms with Crippen molar-refractivity contribution in [2.45, 2.75) is 24.0 Å². The maximum Gasteiger partial charge on any atom is 0.183 e. The molecule has 0 saturated heterocycles. The number of hydrogen-bond donors (Lipinski definition) is 1. The minimum Gasteiger partial charge on any atom is -0.372 e. The zero-order chi connectivity index (χ0) is 13.0. The summed E-state index contributed by atoms with van der Waals surface area (Å²) in [6.07, 6.45) is 1.60. The lowest BCUT2D eigenvalue weighted by Gasteiger charge is -2.06. The molecule has 0 bridgehead atoms. The van der Waals surface area contributed by atoms with E-state index in [0.29, 0.717) is 11.1 Å². The highest BCUT2D eigenvalue weighted by molar-refractivity contribution is 7.99. The summed E-state index contributed by atoms with van der Waals surface area (Å²) >= 11 is 1.84. The van der Waals surface area contributed by atoms with Crippen LogP contribution in [-0.4, -0.2) is 27.5 Å². The molecular weight excluding hydrogens is 244 g/mol. The molecule has 2 aromatic rings. The highest BCUT2D eigenvalue weighted by atomic mass is 32.2. The van der Waals surface area contributed by atoms with Gasteiger partial charge in [0.25, 0.3) is 0 Å². The molecule has 0 unspecified atom stereocenters. The van der Waals surface area contributed by atoms with Gasteiger partial charge in [-0.05, 0) is 12.1 Å². The number of nitrogens with one attached hydrogen (secondary N) is 1. The van der Waals surface area contributed by atoms with Gasteiger partial charge in [-0.25, -0.2) is 4.98 Å². The zero-order valence-corrected chi connectivity index (χ0v) is 11.5. The number of hydrogen-bond acceptors (Lipinski definition) is 5. The first-order valence-electron chi connectivity index (χ1n) is 5.83. The second-order valence-electron chi connectivity index (χ2n) is 4.11. The molecular formula is C13H16N4S. The van der Waals surface area contributed by atoms with Gasteiger partial charge in [-0.3, -0.25) is 0 Å². The predicted molar refractivity (Wildman–Crippen MR) is 75.8 cm³/mol. The molecule has 0 radical (unpaired) electrons. The Hall–Kier alpha value is -1.62. The molecule has 1 N–H and O–H groups in total. The van der Waals surface area contributed by atoms with Crippen molar-refractivity contribution < 1.29 is 0 Å². The summed E-state index contributed by atoms with van der Waals surface area (Å²) in [6, 6.07) is 8.24. The second kappa shape index (κ2) is 5.82. The summed E-state index contributed by atoms with van der Waals surface area (Å²) in [4.78, 5) is 5.62. The van der Waals surface area contributed by atoms with Crippen LogP contribution in [0.2, 0.25) is 0 Å². The van der Waals surface area contributed by atoms with Crippen molar-refractivity contribution >= 4 is 17.6 Å². The van der Waals surface area contributed by atoms with Crippen LogP contribution in [0.3, 0.4) is 0 Å². The molecule has 2 rings (SSSR count). The van der Waals surface area contributed by atoms with E-state index in [1.807, 2.05) is 30.9 Å². The topological polar surface area (TPSA) is 50.7 Å². The van der Waals surface area contributed by atoms with Crippen LogP contribution in [0.25, 0.3) is 11.4 Å². The average molecular weight is 260 g/mol. The van der Waals surface area contributed by atoms with Gasteiger partial charge in [0.1, 0.15) is 5.82 Å². The molecule has 0 aliphatic carbocycles. The zero-order valence-electron chi connectivity index (χ0n) is 10.7. The van der Waals surface area contributed by atoms with Crippen molar-refractivity contribution in [3.63, 3.8) is 0 Å². The van der Waals surface area contributed by atoms with Gasteiger partial charge < -0.3 is 5.32 Å². The van der Waals surface area contributed by atoms with Crippen molar-refractivity contribution in [3.8, 4) is 11.4 Å². The number of rotatable bonds is 4. The van der Waals surface area contributed by atoms with Crippen LogP contribution in [-0.2, 0) is 0 Å². The molecule has 1 heterocycles. The lowest BCUT2D eigenvalue weighted by molar-refractivity contribution is 0.981. The molecule has 0 atom stereocenters. The lowest BCUT2D eigenvalue weighted by atomic mass is 10.2. The third-order valence-corrected chi connectivity index (χ3v) is 3.32. The van der Waals surface area contributed by atoms with Crippen molar-refractivity contribution in [1.82, 2.24) is 15.2 Å². The lowest BCUT2D eigenvalue weighted by Crippen LogP contribution is -1.98. The van der Waals surface area contributed by atoms with Crippen molar-refractivity contribution in [3.05, 3.63) is 30.5 Å². The Morgan fingerprint density at radius 2 is 1.89 bits per heavy atom. The second-order valence-corrected chi connectivity index (χ2v) is 5.76. The summed E-state index contributed by atoms with van der Waals surface area (Å²) in [5.74, 6) is 1.36. The Bertz CT molecular complexity index is 511. The molecule has 1 aromatic carbocycles. The molecule has 4 nitrogen and oxygen atoms in total. The van der Waals surface area contributed by atoms with Crippen LogP contribution in [0.4, 0.5) is 5.82 Å². The molecule has 18 heavy (non-hydrogen) atoms. The van der Waals surface area contributed by atoms with Gasteiger partial charge in [-0.2, -0.15) is 5.10 Å². The number of thioether (sulfide) groups is 1. The van der Waals surface area contributed by atoms with Crippen LogP contribution >= 0.6 is 11.8 Å². The number of anilines is 1. The highest BCUT2D eigenvalue weighted by Gasteiger charge is 2.04. The highest BCUT2D eigenvalue weighted by Crippen LogP contribution is 2.25. The largest absolute Gasteiger partial charge is 0.372 e. The maximum atomic E-state index is 4.36. The van der Waals surface area contributed by atoms with Gasteiger partial charge in [-0.15, -0.1) is 16.9 Å². The van der Waals surface area contributed by atoms with E-state index >= 15 is 0 Å². The Morgan fingerprint density at radius 1 is 1.17 bits per heavy atom. The Balaban J connectivity index is 2.22. The third kappa shape index (κ3) is 3.20. The van der Waals surface area contributed by atoms with Crippen molar-refractivity contribution in [2.75, 3.05) is 12.4 Å². The van der Waals surface area contributed by atoms with E-state index in [1.165, 1.54) is 4.90 Å². The normalized spacial score (nSPS) is 10.7. The molecule has 0 amide bonds. The van der Waals surface area contributed by atoms with Crippen molar-refractivity contribution in [1.29, 1.82) is 0 Å². The van der Waals surface area contributed by atoms with E-state index in [2.05, 4.69) is 46.5 Å². The molecule has 5 heteroatoms. The van der Waals surface area contributed by atoms with E-state index in [4.69, 9.17) is 0 Å². The first kappa shape index (κ1) is 12.8. The first-order chi connectivity index (χ1) is 8.69. The molecule has 94 valence electrons. The summed E-state index contributed by atoms with van der Waals surface area (Å²) in [7, 11) is 1.82. The van der Waals surface area contributed by atoms with Gasteiger partial charge >= 0.3 is 0 Å². The first-order valence-corrected chi connectivity index (χ1v) is 6.71. The molecule has 0 spiro atoms. The summed E-state index contributed by atoms with van der Waals surface area (Å²) in [5, 5.41) is 11.5. The van der Waals surface area contributed by atoms with Gasteiger partial charge in [0.2, 0.25) is 0 Å². The molecule has 1 aromatic heterocycles. The SMILES string of the molecule is CNc1cnnc(-c2ccc(SC(C)C)cc2)n1. The monoisotopic (exact) mass is 260 g/mol. The van der Waals surface area contributed by atoms with Crippen LogP contribution in [0.1, 0.15) is 13.8 Å². The third-order valence-electron chi connectivity index (χ3n) is 2.30. The van der Waals surface area contributed by atoms with E-state index in [0.717, 1.165) is 11.4 Å². The maximum absolute atomic E-state index is 4.36. The minimum atomic E-state index is 0.585. The average Bonchev–Trinajstić information content (AvgIpc) is 2.39. The quantitative estimate of drug-likeness (QED) is 0.856. The van der Waals surface area contributed by atoms with Crippen LogP contribution < -0.4 is 5.32 Å². The van der Waals surface area contributed by atoms with E-state index in [9.17, 15) is 0 Å². The molecule has 0 aliphatic rings. The molecule has 0 fully saturated rings. The smallest absolute Gasteiger partial charge is 0.183 e. The van der Waals surface area contributed by atoms with Gasteiger partial charge in [0.05, 0.1) is 6.20 Å². The van der Waals surface area contributed by atoms with Crippen LogP contribution in [0.15, 0.2) is 35.4 Å².